The van der Waals surface area contributed by atoms with Crippen LogP contribution in [-0.2, 0) is 23.0 Å². The zero-order valence-corrected chi connectivity index (χ0v) is 20.8. The number of carbonyl (C=O) groups excluding carboxylic acids is 1. The summed E-state index contributed by atoms with van der Waals surface area (Å²) in [5, 5.41) is 22.5. The summed E-state index contributed by atoms with van der Waals surface area (Å²) in [6.07, 6.45) is 5.42. The number of aliphatic hydroxyl groups is 1. The van der Waals surface area contributed by atoms with Gasteiger partial charge < -0.3 is 14.4 Å². The summed E-state index contributed by atoms with van der Waals surface area (Å²) < 4.78 is 35.0. The molecule has 3 aromatic rings. The fourth-order valence-corrected chi connectivity index (χ4v) is 7.56. The lowest BCUT2D eigenvalue weighted by molar-refractivity contribution is 0.0511. The largest absolute Gasteiger partial charge is 0.436 e. The molecule has 0 saturated carbocycles. The molecular weight excluding hydrogens is 502 g/mol. The Morgan fingerprint density at radius 1 is 1.36 bits per heavy atom. The summed E-state index contributed by atoms with van der Waals surface area (Å²) in [4.78, 5) is 19.1. The topological polar surface area (TPSA) is 140 Å². The first-order valence-corrected chi connectivity index (χ1v) is 13.6. The number of fused-ring (bicyclic) bond motifs is 2. The minimum absolute atomic E-state index is 0.0558. The Labute approximate surface area is 212 Å². The number of amides is 1. The fraction of sp³-hybridized carbons (Fsp3) is 0.375. The van der Waals surface area contributed by atoms with Gasteiger partial charge >= 0.3 is 5.91 Å². The molecule has 12 heteroatoms. The number of rotatable bonds is 5. The normalized spacial score (nSPS) is 20.6. The number of thiophene rings is 1. The highest BCUT2D eigenvalue weighted by Gasteiger charge is 2.39. The van der Waals surface area contributed by atoms with Gasteiger partial charge in [-0.25, -0.2) is 13.4 Å². The van der Waals surface area contributed by atoms with Gasteiger partial charge in [-0.15, -0.1) is 17.8 Å². The molecule has 0 bridgehead atoms. The number of aliphatic hydroxyl groups excluding tert-OH is 1. The van der Waals surface area contributed by atoms with Crippen molar-refractivity contribution in [2.45, 2.75) is 42.3 Å². The molecule has 5 rings (SSSR count). The van der Waals surface area contributed by atoms with Gasteiger partial charge in [-0.1, -0.05) is 12.0 Å². The first-order chi connectivity index (χ1) is 17.3. The van der Waals surface area contributed by atoms with Crippen molar-refractivity contribution in [2.24, 2.45) is 0 Å². The number of aromatic nitrogens is 1. The molecule has 2 N–H and O–H groups in total. The van der Waals surface area contributed by atoms with Crippen LogP contribution in [0.15, 0.2) is 32.9 Å². The highest BCUT2D eigenvalue weighted by molar-refractivity contribution is 7.91. The summed E-state index contributed by atoms with van der Waals surface area (Å²) >= 11 is 1.16. The second-order valence-electron chi connectivity index (χ2n) is 8.66. The van der Waals surface area contributed by atoms with Crippen LogP contribution in [0.4, 0.5) is 0 Å². The molecule has 0 radical (unpaired) electrons. The number of benzene rings is 1. The SMILES string of the molecule is C#Cc1ccc2cc(S(=O)(=O)N3CCN(C(=O)c4nc5c(o4)CNC(O)C5)C(CCC#N)C3)sc2c1. The fourth-order valence-electron chi connectivity index (χ4n) is 4.50. The summed E-state index contributed by atoms with van der Waals surface area (Å²) in [6.45, 7) is 0.550. The van der Waals surface area contributed by atoms with Crippen molar-refractivity contribution >= 4 is 37.4 Å². The number of piperazine rings is 1. The number of sulfonamides is 1. The maximum absolute atomic E-state index is 13.5. The molecule has 2 aromatic heterocycles. The molecule has 0 spiro atoms. The van der Waals surface area contributed by atoms with E-state index in [1.807, 2.05) is 0 Å². The van der Waals surface area contributed by atoms with E-state index >= 15 is 0 Å². The van der Waals surface area contributed by atoms with Gasteiger partial charge in [-0.3, -0.25) is 10.1 Å². The van der Waals surface area contributed by atoms with Gasteiger partial charge in [-0.05, 0) is 30.0 Å². The Balaban J connectivity index is 1.38. The molecule has 1 aromatic carbocycles. The van der Waals surface area contributed by atoms with Crippen LogP contribution >= 0.6 is 11.3 Å². The van der Waals surface area contributed by atoms with Gasteiger partial charge in [0, 0.05) is 48.8 Å². The van der Waals surface area contributed by atoms with E-state index in [9.17, 15) is 18.3 Å². The predicted octanol–water partition coefficient (Wildman–Crippen LogP) is 1.65. The average molecular weight is 526 g/mol. The van der Waals surface area contributed by atoms with Crippen molar-refractivity contribution in [1.82, 2.24) is 19.5 Å². The molecule has 0 aliphatic carbocycles. The van der Waals surface area contributed by atoms with E-state index in [0.29, 0.717) is 23.4 Å². The third-order valence-electron chi connectivity index (χ3n) is 6.40. The molecule has 186 valence electrons. The van der Waals surface area contributed by atoms with Gasteiger partial charge in [0.2, 0.25) is 0 Å². The monoisotopic (exact) mass is 525 g/mol. The maximum Gasteiger partial charge on any atom is 0.310 e. The Morgan fingerprint density at radius 2 is 2.19 bits per heavy atom. The first-order valence-electron chi connectivity index (χ1n) is 11.4. The van der Waals surface area contributed by atoms with Crippen LogP contribution in [-0.4, -0.2) is 65.5 Å². The number of hydrogen-bond acceptors (Lipinski definition) is 9. The van der Waals surface area contributed by atoms with Gasteiger partial charge in [-0.2, -0.15) is 9.57 Å². The number of carbonyl (C=O) groups is 1. The third-order valence-corrected chi connectivity index (χ3v) is 9.81. The molecule has 2 aliphatic rings. The number of nitrogens with one attached hydrogen (secondary N) is 1. The van der Waals surface area contributed by atoms with E-state index in [1.54, 1.807) is 24.3 Å². The Kier molecular flexibility index (Phi) is 6.55. The van der Waals surface area contributed by atoms with E-state index in [0.717, 1.165) is 21.4 Å². The van der Waals surface area contributed by atoms with Crippen LogP contribution in [0.1, 0.15) is 40.5 Å². The lowest BCUT2D eigenvalue weighted by atomic mass is 10.1. The minimum Gasteiger partial charge on any atom is -0.436 e. The summed E-state index contributed by atoms with van der Waals surface area (Å²) in [7, 11) is -3.82. The molecule has 2 unspecified atom stereocenters. The average Bonchev–Trinajstić information content (AvgIpc) is 3.50. The number of nitriles is 1. The van der Waals surface area contributed by atoms with Crippen LogP contribution in [0.5, 0.6) is 0 Å². The molecule has 1 fully saturated rings. The van der Waals surface area contributed by atoms with Crippen LogP contribution in [0.25, 0.3) is 10.1 Å². The standard InChI is InChI=1S/C24H23N5O5S2/c1-2-15-5-6-16-11-22(35-20(16)10-15)36(32,33)28-8-9-29(17(14-28)4-3-7-25)24(31)23-27-18-12-21(30)26-13-19(18)34-23/h1,5-6,10-11,17,21,26,30H,3-4,8-9,12-14H2. The number of terminal acetylenes is 1. The maximum atomic E-state index is 13.5. The second kappa shape index (κ2) is 9.65. The zero-order valence-electron chi connectivity index (χ0n) is 19.2. The van der Waals surface area contributed by atoms with Crippen LogP contribution in [0.2, 0.25) is 0 Å². The van der Waals surface area contributed by atoms with Gasteiger partial charge in [0.25, 0.3) is 15.9 Å². The zero-order chi connectivity index (χ0) is 25.4. The molecule has 1 amide bonds. The smallest absolute Gasteiger partial charge is 0.310 e. The van der Waals surface area contributed by atoms with E-state index in [2.05, 4.69) is 22.3 Å². The number of nitrogens with zero attached hydrogens (tertiary/aromatic N) is 4. The Hall–Kier alpha value is -3.26. The summed E-state index contributed by atoms with van der Waals surface area (Å²) in [5.74, 6) is 2.50. The Morgan fingerprint density at radius 3 is 2.97 bits per heavy atom. The second-order valence-corrected chi connectivity index (χ2v) is 11.9. The van der Waals surface area contributed by atoms with Crippen molar-refractivity contribution in [2.75, 3.05) is 19.6 Å². The van der Waals surface area contributed by atoms with E-state index in [4.69, 9.17) is 16.1 Å². The number of hydrogen-bond donors (Lipinski definition) is 2. The van der Waals surface area contributed by atoms with E-state index in [-0.39, 0.29) is 49.1 Å². The van der Waals surface area contributed by atoms with Crippen molar-refractivity contribution in [1.29, 1.82) is 5.26 Å². The van der Waals surface area contributed by atoms with Gasteiger partial charge in [0.05, 0.1) is 18.3 Å². The minimum atomic E-state index is -3.82. The molecule has 36 heavy (non-hydrogen) atoms. The predicted molar refractivity (Wildman–Crippen MR) is 131 cm³/mol. The summed E-state index contributed by atoms with van der Waals surface area (Å²) in [5.41, 5.74) is 1.20. The highest BCUT2D eigenvalue weighted by Crippen LogP contribution is 2.33. The molecule has 2 aliphatic heterocycles. The summed E-state index contributed by atoms with van der Waals surface area (Å²) in [6, 6.07) is 8.55. The van der Waals surface area contributed by atoms with Crippen molar-refractivity contribution < 1.29 is 22.7 Å². The van der Waals surface area contributed by atoms with E-state index < -0.39 is 28.2 Å². The molecule has 1 saturated heterocycles. The van der Waals surface area contributed by atoms with Crippen LogP contribution < -0.4 is 5.32 Å². The van der Waals surface area contributed by atoms with E-state index in [1.165, 1.54) is 9.21 Å². The lowest BCUT2D eigenvalue weighted by Crippen LogP contribution is -2.56. The lowest BCUT2D eigenvalue weighted by Gasteiger charge is -2.39. The third kappa shape index (κ3) is 4.50. The van der Waals surface area contributed by atoms with Crippen LogP contribution in [0.3, 0.4) is 0 Å². The molecular formula is C24H23N5O5S2. The molecule has 4 heterocycles. The Bertz CT molecular complexity index is 1510. The number of oxazole rings is 1. The van der Waals surface area contributed by atoms with Crippen molar-refractivity contribution in [3.8, 4) is 18.4 Å². The highest BCUT2D eigenvalue weighted by atomic mass is 32.2. The quantitative estimate of drug-likeness (QED) is 0.480. The van der Waals surface area contributed by atoms with Gasteiger partial charge in [0.15, 0.2) is 0 Å². The van der Waals surface area contributed by atoms with Gasteiger partial charge in [0.1, 0.15) is 16.2 Å². The first kappa shape index (κ1) is 24.4. The van der Waals surface area contributed by atoms with Crippen molar-refractivity contribution in [3.63, 3.8) is 0 Å². The molecule has 2 atom stereocenters. The van der Waals surface area contributed by atoms with Crippen molar-refractivity contribution in [3.05, 3.63) is 47.2 Å². The van der Waals surface area contributed by atoms with Crippen LogP contribution in [0, 0.1) is 23.7 Å². The molecule has 10 nitrogen and oxygen atoms in total.